The highest BCUT2D eigenvalue weighted by Gasteiger charge is 2.30. The van der Waals surface area contributed by atoms with E-state index in [2.05, 4.69) is 4.98 Å². The predicted molar refractivity (Wildman–Crippen MR) is 86.9 cm³/mol. The molecule has 130 valence electrons. The lowest BCUT2D eigenvalue weighted by Gasteiger charge is -2.10. The van der Waals surface area contributed by atoms with E-state index >= 15 is 0 Å². The number of alkyl halides is 3. The molecule has 0 radical (unpaired) electrons. The Kier molecular flexibility index (Phi) is 5.65. The number of allylic oxidation sites excluding steroid dienone is 1. The maximum atomic E-state index is 12.6. The van der Waals surface area contributed by atoms with Crippen molar-refractivity contribution in [2.24, 2.45) is 0 Å². The number of nitrogens with zero attached hydrogens (tertiary/aromatic N) is 2. The number of methoxy groups -OCH3 is 1. The van der Waals surface area contributed by atoms with E-state index in [4.69, 9.17) is 9.47 Å². The summed E-state index contributed by atoms with van der Waals surface area (Å²) in [4.78, 5) is 3.74. The molecule has 0 spiro atoms. The topological polar surface area (TPSA) is 55.1 Å². The van der Waals surface area contributed by atoms with E-state index < -0.39 is 11.7 Å². The number of pyridine rings is 1. The molecule has 0 N–H and O–H groups in total. The van der Waals surface area contributed by atoms with E-state index in [1.165, 1.54) is 19.3 Å². The van der Waals surface area contributed by atoms with E-state index in [1.807, 2.05) is 13.0 Å². The number of hydrogen-bond acceptors (Lipinski definition) is 4. The van der Waals surface area contributed by atoms with Crippen molar-refractivity contribution < 1.29 is 22.6 Å². The Hall–Kier alpha value is -3.01. The largest absolute Gasteiger partial charge is 0.493 e. The highest BCUT2D eigenvalue weighted by atomic mass is 19.4. The molecule has 1 heterocycles. The first-order chi connectivity index (χ1) is 11.9. The predicted octanol–water partition coefficient (Wildman–Crippen LogP) is 4.57. The molecule has 0 amide bonds. The van der Waals surface area contributed by atoms with Crippen molar-refractivity contribution in [3.8, 4) is 17.6 Å². The summed E-state index contributed by atoms with van der Waals surface area (Å²) in [5.74, 6) is 1.06. The second-order valence-electron chi connectivity index (χ2n) is 4.94. The van der Waals surface area contributed by atoms with Crippen LogP contribution in [0.15, 0.2) is 36.5 Å². The van der Waals surface area contributed by atoms with Gasteiger partial charge in [-0.2, -0.15) is 18.4 Å². The van der Waals surface area contributed by atoms with Gasteiger partial charge in [0.2, 0.25) is 0 Å². The summed E-state index contributed by atoms with van der Waals surface area (Å²) in [7, 11) is 1.49. The molecule has 0 saturated carbocycles. The van der Waals surface area contributed by atoms with E-state index in [0.717, 1.165) is 6.07 Å². The van der Waals surface area contributed by atoms with Crippen molar-refractivity contribution in [3.63, 3.8) is 0 Å². The zero-order valence-electron chi connectivity index (χ0n) is 13.6. The quantitative estimate of drug-likeness (QED) is 0.743. The van der Waals surface area contributed by atoms with Crippen LogP contribution < -0.4 is 9.47 Å². The zero-order chi connectivity index (χ0) is 18.4. The van der Waals surface area contributed by atoms with Crippen molar-refractivity contribution in [1.82, 2.24) is 4.98 Å². The van der Waals surface area contributed by atoms with Crippen molar-refractivity contribution >= 4 is 11.6 Å². The Balaban J connectivity index is 2.36. The first-order valence-corrected chi connectivity index (χ1v) is 7.35. The van der Waals surface area contributed by atoms with Crippen LogP contribution in [0.2, 0.25) is 0 Å². The van der Waals surface area contributed by atoms with Gasteiger partial charge in [0.25, 0.3) is 0 Å². The normalized spacial score (nSPS) is 11.8. The average molecular weight is 348 g/mol. The Morgan fingerprint density at radius 2 is 2.00 bits per heavy atom. The summed E-state index contributed by atoms with van der Waals surface area (Å²) in [6, 6.07) is 9.10. The monoisotopic (exact) mass is 348 g/mol. The van der Waals surface area contributed by atoms with Gasteiger partial charge in [-0.1, -0.05) is 6.07 Å². The highest BCUT2D eigenvalue weighted by Crippen LogP contribution is 2.31. The molecule has 0 fully saturated rings. The fourth-order valence-electron chi connectivity index (χ4n) is 2.10. The minimum Gasteiger partial charge on any atom is -0.493 e. The standard InChI is InChI=1S/C18H15F3N2O2/c1-3-25-16-7-4-12(9-17(16)24-2)8-13(10-22)15-6-5-14(11-23-15)18(19,20)21/h4-9,11H,3H2,1-2H3/b13-8+. The second kappa shape index (κ2) is 7.71. The third kappa shape index (κ3) is 4.51. The van der Waals surface area contributed by atoms with Crippen LogP contribution in [0, 0.1) is 11.3 Å². The minimum atomic E-state index is -4.47. The van der Waals surface area contributed by atoms with Gasteiger partial charge in [-0.25, -0.2) is 0 Å². The zero-order valence-corrected chi connectivity index (χ0v) is 13.6. The van der Waals surface area contributed by atoms with Crippen LogP contribution in [0.1, 0.15) is 23.7 Å². The number of hydrogen-bond donors (Lipinski definition) is 0. The lowest BCUT2D eigenvalue weighted by Crippen LogP contribution is -2.05. The number of nitriles is 1. The van der Waals surface area contributed by atoms with Crippen molar-refractivity contribution in [3.05, 3.63) is 53.3 Å². The number of rotatable bonds is 5. The summed E-state index contributed by atoms with van der Waals surface area (Å²) in [5, 5.41) is 9.30. The van der Waals surface area contributed by atoms with Crippen LogP contribution >= 0.6 is 0 Å². The number of halogens is 3. The van der Waals surface area contributed by atoms with E-state index in [0.29, 0.717) is 29.9 Å². The first-order valence-electron chi connectivity index (χ1n) is 7.35. The van der Waals surface area contributed by atoms with Crippen LogP contribution in [0.5, 0.6) is 11.5 Å². The van der Waals surface area contributed by atoms with E-state index in [-0.39, 0.29) is 11.3 Å². The molecule has 1 aromatic carbocycles. The molecule has 4 nitrogen and oxygen atoms in total. The smallest absolute Gasteiger partial charge is 0.417 e. The summed E-state index contributed by atoms with van der Waals surface area (Å²) < 4.78 is 48.4. The van der Waals surface area contributed by atoms with E-state index in [9.17, 15) is 18.4 Å². The number of aromatic nitrogens is 1. The molecule has 25 heavy (non-hydrogen) atoms. The van der Waals surface area contributed by atoms with Gasteiger partial charge in [0, 0.05) is 6.20 Å². The molecule has 0 bridgehead atoms. The lowest BCUT2D eigenvalue weighted by molar-refractivity contribution is -0.137. The van der Waals surface area contributed by atoms with Gasteiger partial charge in [0.1, 0.15) is 6.07 Å². The Bertz CT molecular complexity index is 807. The molecule has 1 aromatic heterocycles. The summed E-state index contributed by atoms with van der Waals surface area (Å²) in [5.41, 5.74) is 0.0677. The second-order valence-corrected chi connectivity index (χ2v) is 4.94. The molecular formula is C18H15F3N2O2. The number of benzene rings is 1. The van der Waals surface area contributed by atoms with Crippen LogP contribution in [0.25, 0.3) is 11.6 Å². The molecule has 2 rings (SSSR count). The molecule has 0 aliphatic carbocycles. The van der Waals surface area contributed by atoms with Gasteiger partial charge in [-0.15, -0.1) is 0 Å². The Morgan fingerprint density at radius 1 is 1.24 bits per heavy atom. The molecule has 0 saturated heterocycles. The van der Waals surface area contributed by atoms with Crippen molar-refractivity contribution in [2.45, 2.75) is 13.1 Å². The van der Waals surface area contributed by atoms with Crippen LogP contribution in [0.3, 0.4) is 0 Å². The van der Waals surface area contributed by atoms with Crippen LogP contribution in [-0.2, 0) is 6.18 Å². The van der Waals surface area contributed by atoms with Gasteiger partial charge in [0.05, 0.1) is 30.5 Å². The minimum absolute atomic E-state index is 0.139. The third-order valence-corrected chi connectivity index (χ3v) is 3.29. The van der Waals surface area contributed by atoms with Crippen LogP contribution in [-0.4, -0.2) is 18.7 Å². The molecule has 2 aromatic rings. The number of ether oxygens (including phenoxy) is 2. The van der Waals surface area contributed by atoms with Crippen LogP contribution in [0.4, 0.5) is 13.2 Å². The summed E-state index contributed by atoms with van der Waals surface area (Å²) in [6.45, 7) is 2.32. The molecule has 0 aliphatic heterocycles. The Morgan fingerprint density at radius 3 is 2.52 bits per heavy atom. The first kappa shape index (κ1) is 18.3. The molecular weight excluding hydrogens is 333 g/mol. The fraction of sp³-hybridized carbons (Fsp3) is 0.222. The fourth-order valence-corrected chi connectivity index (χ4v) is 2.10. The van der Waals surface area contributed by atoms with Gasteiger partial charge in [-0.05, 0) is 42.8 Å². The summed E-state index contributed by atoms with van der Waals surface area (Å²) in [6.07, 6.45) is -2.24. The highest BCUT2D eigenvalue weighted by molar-refractivity contribution is 5.88. The SMILES string of the molecule is CCOc1ccc(/C=C(\C#N)c2ccc(C(F)(F)F)cn2)cc1OC. The summed E-state index contributed by atoms with van der Waals surface area (Å²) >= 11 is 0. The van der Waals surface area contributed by atoms with Crippen molar-refractivity contribution in [2.75, 3.05) is 13.7 Å². The molecule has 0 aliphatic rings. The lowest BCUT2D eigenvalue weighted by atomic mass is 10.1. The molecule has 0 unspecified atom stereocenters. The maximum absolute atomic E-state index is 12.6. The van der Waals surface area contributed by atoms with Gasteiger partial charge < -0.3 is 9.47 Å². The van der Waals surface area contributed by atoms with Gasteiger partial charge >= 0.3 is 6.18 Å². The van der Waals surface area contributed by atoms with Gasteiger partial charge in [-0.3, -0.25) is 4.98 Å². The molecule has 7 heteroatoms. The maximum Gasteiger partial charge on any atom is 0.417 e. The Labute approximate surface area is 143 Å². The van der Waals surface area contributed by atoms with Gasteiger partial charge in [0.15, 0.2) is 11.5 Å². The van der Waals surface area contributed by atoms with Crippen molar-refractivity contribution in [1.29, 1.82) is 5.26 Å². The van der Waals surface area contributed by atoms with E-state index in [1.54, 1.807) is 18.2 Å². The third-order valence-electron chi connectivity index (χ3n) is 3.29. The average Bonchev–Trinajstić information content (AvgIpc) is 2.60. The molecule has 0 atom stereocenters.